The molecule has 9 heteroatoms. The van der Waals surface area contributed by atoms with E-state index in [2.05, 4.69) is 10.3 Å². The fourth-order valence-electron chi connectivity index (χ4n) is 2.43. The highest BCUT2D eigenvalue weighted by atomic mass is 35.5. The van der Waals surface area contributed by atoms with Crippen LogP contribution in [0.4, 0.5) is 5.69 Å². The lowest BCUT2D eigenvalue weighted by atomic mass is 10.2. The molecule has 0 bridgehead atoms. The molecule has 0 aliphatic heterocycles. The number of nitrogens with zero attached hydrogens (tertiary/aromatic N) is 3. The van der Waals surface area contributed by atoms with E-state index in [-0.39, 0.29) is 24.2 Å². The lowest BCUT2D eigenvalue weighted by molar-refractivity contribution is -0.384. The normalized spacial score (nSPS) is 10.7. The molecule has 1 amide bonds. The van der Waals surface area contributed by atoms with Crippen LogP contribution in [-0.2, 0) is 17.9 Å². The summed E-state index contributed by atoms with van der Waals surface area (Å²) >= 11 is 5.89. The van der Waals surface area contributed by atoms with E-state index < -0.39 is 16.4 Å². The first-order valence-electron chi connectivity index (χ1n) is 7.59. The summed E-state index contributed by atoms with van der Waals surface area (Å²) in [7, 11) is 0. The molecule has 1 N–H and O–H groups in total. The van der Waals surface area contributed by atoms with E-state index in [1.54, 1.807) is 18.2 Å². The Labute approximate surface area is 152 Å². The van der Waals surface area contributed by atoms with Gasteiger partial charge in [-0.05, 0) is 23.8 Å². The third-order valence-corrected chi connectivity index (χ3v) is 3.95. The molecule has 2 aromatic carbocycles. The zero-order chi connectivity index (χ0) is 18.7. The van der Waals surface area contributed by atoms with Crippen molar-refractivity contribution in [1.82, 2.24) is 14.9 Å². The third kappa shape index (κ3) is 3.86. The molecule has 0 atom stereocenters. The van der Waals surface area contributed by atoms with Gasteiger partial charge in [0.15, 0.2) is 0 Å². The number of halogens is 1. The Balaban J connectivity index is 1.77. The van der Waals surface area contributed by atoms with Crippen molar-refractivity contribution in [2.24, 2.45) is 0 Å². The molecule has 26 heavy (non-hydrogen) atoms. The van der Waals surface area contributed by atoms with Crippen LogP contribution >= 0.6 is 11.6 Å². The molecule has 0 saturated heterocycles. The van der Waals surface area contributed by atoms with Crippen LogP contribution in [0.15, 0.2) is 53.6 Å². The van der Waals surface area contributed by atoms with Crippen LogP contribution in [0, 0.1) is 10.1 Å². The summed E-state index contributed by atoms with van der Waals surface area (Å²) in [6, 6.07) is 10.9. The van der Waals surface area contributed by atoms with Crippen molar-refractivity contribution in [1.29, 1.82) is 0 Å². The number of hydrogen-bond acceptors (Lipinski definition) is 5. The first-order valence-corrected chi connectivity index (χ1v) is 7.96. The Bertz CT molecular complexity index is 1060. The molecule has 0 unspecified atom stereocenters. The minimum absolute atomic E-state index is 0.0874. The highest BCUT2D eigenvalue weighted by Gasteiger charge is 2.12. The summed E-state index contributed by atoms with van der Waals surface area (Å²) in [6.45, 7) is 0.0195. The molecule has 3 rings (SSSR count). The highest BCUT2D eigenvalue weighted by Crippen LogP contribution is 2.16. The van der Waals surface area contributed by atoms with Gasteiger partial charge < -0.3 is 5.32 Å². The van der Waals surface area contributed by atoms with Crippen LogP contribution in [0.5, 0.6) is 0 Å². The second-order valence-electron chi connectivity index (χ2n) is 5.54. The average molecular weight is 373 g/mol. The molecule has 8 nitrogen and oxygen atoms in total. The van der Waals surface area contributed by atoms with Crippen molar-refractivity contribution in [2.75, 3.05) is 0 Å². The lowest BCUT2D eigenvalue weighted by Crippen LogP contribution is -2.32. The number of hydrogen-bond donors (Lipinski definition) is 1. The SMILES string of the molecule is O=C(Cn1cnc2ccc([N+](=O)[O-])cc2c1=O)NCc1cccc(Cl)c1. The van der Waals surface area contributed by atoms with E-state index in [4.69, 9.17) is 11.6 Å². The second-order valence-corrected chi connectivity index (χ2v) is 5.98. The maximum Gasteiger partial charge on any atom is 0.270 e. The number of carbonyl (C=O) groups is 1. The van der Waals surface area contributed by atoms with Crippen LogP contribution in [0.3, 0.4) is 0 Å². The third-order valence-electron chi connectivity index (χ3n) is 3.71. The molecular formula is C17H13ClN4O4. The number of fused-ring (bicyclic) bond motifs is 1. The fraction of sp³-hybridized carbons (Fsp3) is 0.118. The van der Waals surface area contributed by atoms with Crippen molar-refractivity contribution >= 4 is 34.1 Å². The average Bonchev–Trinajstić information content (AvgIpc) is 2.62. The molecule has 0 saturated carbocycles. The summed E-state index contributed by atoms with van der Waals surface area (Å²) < 4.78 is 1.11. The number of carbonyl (C=O) groups excluding carboxylic acids is 1. The first kappa shape index (κ1) is 17.6. The van der Waals surface area contributed by atoms with Gasteiger partial charge in [0.25, 0.3) is 11.2 Å². The number of benzene rings is 2. The Morgan fingerprint density at radius 2 is 2.08 bits per heavy atom. The predicted octanol–water partition coefficient (Wildman–Crippen LogP) is 2.27. The fourth-order valence-corrected chi connectivity index (χ4v) is 2.64. The van der Waals surface area contributed by atoms with Crippen LogP contribution in [0.1, 0.15) is 5.56 Å². The molecule has 0 aliphatic rings. The van der Waals surface area contributed by atoms with Gasteiger partial charge in [0.2, 0.25) is 5.91 Å². The van der Waals surface area contributed by atoms with Gasteiger partial charge in [-0.2, -0.15) is 0 Å². The van der Waals surface area contributed by atoms with E-state index in [0.717, 1.165) is 16.2 Å². The van der Waals surface area contributed by atoms with E-state index in [9.17, 15) is 19.7 Å². The van der Waals surface area contributed by atoms with Gasteiger partial charge in [-0.1, -0.05) is 23.7 Å². The number of aromatic nitrogens is 2. The van der Waals surface area contributed by atoms with Crippen molar-refractivity contribution in [3.8, 4) is 0 Å². The van der Waals surface area contributed by atoms with Gasteiger partial charge in [0.05, 0.1) is 22.2 Å². The zero-order valence-corrected chi connectivity index (χ0v) is 14.1. The number of non-ortho nitro benzene ring substituents is 1. The summed E-state index contributed by atoms with van der Waals surface area (Å²) in [5, 5.41) is 14.2. The minimum atomic E-state index is -0.589. The van der Waals surface area contributed by atoms with Crippen LogP contribution in [-0.4, -0.2) is 20.4 Å². The molecule has 1 heterocycles. The van der Waals surface area contributed by atoms with Gasteiger partial charge in [0.1, 0.15) is 6.54 Å². The summed E-state index contributed by atoms with van der Waals surface area (Å²) in [4.78, 5) is 38.9. The van der Waals surface area contributed by atoms with Crippen molar-refractivity contribution in [3.05, 3.63) is 79.8 Å². The highest BCUT2D eigenvalue weighted by molar-refractivity contribution is 6.30. The van der Waals surface area contributed by atoms with Crippen molar-refractivity contribution in [3.63, 3.8) is 0 Å². The lowest BCUT2D eigenvalue weighted by Gasteiger charge is -2.08. The summed E-state index contributed by atoms with van der Waals surface area (Å²) in [5.41, 5.74) is 0.429. The van der Waals surface area contributed by atoms with Gasteiger partial charge >= 0.3 is 0 Å². The van der Waals surface area contributed by atoms with Gasteiger partial charge in [0, 0.05) is 23.7 Å². The maximum absolute atomic E-state index is 12.5. The van der Waals surface area contributed by atoms with Gasteiger partial charge in [-0.15, -0.1) is 0 Å². The quantitative estimate of drug-likeness (QED) is 0.546. The number of amides is 1. The molecule has 1 aromatic heterocycles. The first-order chi connectivity index (χ1) is 12.4. The Hall–Kier alpha value is -3.26. The number of nitro groups is 1. The monoisotopic (exact) mass is 372 g/mol. The van der Waals surface area contributed by atoms with Crippen LogP contribution in [0.2, 0.25) is 5.02 Å². The van der Waals surface area contributed by atoms with Gasteiger partial charge in [-0.25, -0.2) is 4.98 Å². The minimum Gasteiger partial charge on any atom is -0.350 e. The Morgan fingerprint density at radius 3 is 2.81 bits per heavy atom. The van der Waals surface area contributed by atoms with Crippen molar-refractivity contribution in [2.45, 2.75) is 13.1 Å². The molecule has 0 fully saturated rings. The molecule has 0 aliphatic carbocycles. The number of nitrogens with one attached hydrogen (secondary N) is 1. The second kappa shape index (κ2) is 7.32. The topological polar surface area (TPSA) is 107 Å². The summed E-state index contributed by atoms with van der Waals surface area (Å²) in [5.74, 6) is -0.390. The molecule has 3 aromatic rings. The Kier molecular flexibility index (Phi) is 4.94. The largest absolute Gasteiger partial charge is 0.350 e. The molecule has 0 radical (unpaired) electrons. The van der Waals surface area contributed by atoms with E-state index in [1.807, 2.05) is 6.07 Å². The Morgan fingerprint density at radius 1 is 1.27 bits per heavy atom. The van der Waals surface area contributed by atoms with Gasteiger partial charge in [-0.3, -0.25) is 24.3 Å². The maximum atomic E-state index is 12.5. The van der Waals surface area contributed by atoms with E-state index >= 15 is 0 Å². The number of nitro benzene ring substituents is 1. The molecule has 0 spiro atoms. The number of rotatable bonds is 5. The standard InChI is InChI=1S/C17H13ClN4O4/c18-12-3-1-2-11(6-12)8-19-16(23)9-21-10-20-15-5-4-13(22(25)26)7-14(15)17(21)24/h1-7,10H,8-9H2,(H,19,23). The smallest absolute Gasteiger partial charge is 0.270 e. The zero-order valence-electron chi connectivity index (χ0n) is 13.4. The van der Waals surface area contributed by atoms with E-state index in [0.29, 0.717) is 10.5 Å². The molecular weight excluding hydrogens is 360 g/mol. The van der Waals surface area contributed by atoms with Crippen LogP contribution < -0.4 is 10.9 Å². The van der Waals surface area contributed by atoms with Crippen LogP contribution in [0.25, 0.3) is 10.9 Å². The predicted molar refractivity (Wildman–Crippen MR) is 96.0 cm³/mol. The van der Waals surface area contributed by atoms with Crippen molar-refractivity contribution < 1.29 is 9.72 Å². The summed E-state index contributed by atoms with van der Waals surface area (Å²) in [6.07, 6.45) is 1.25. The molecule has 132 valence electrons. The van der Waals surface area contributed by atoms with E-state index in [1.165, 1.54) is 18.5 Å².